The number of ketones is 1. The van der Waals surface area contributed by atoms with Crippen molar-refractivity contribution in [3.8, 4) is 0 Å². The number of carbonyl (C=O) groups excluding carboxylic acids is 1. The van der Waals surface area contributed by atoms with Crippen molar-refractivity contribution >= 4 is 5.78 Å². The number of aromatic nitrogens is 1. The molecule has 2 heterocycles. The molecule has 106 valence electrons. The molecule has 0 aliphatic heterocycles. The summed E-state index contributed by atoms with van der Waals surface area (Å²) in [5.41, 5.74) is 2.81. The highest BCUT2D eigenvalue weighted by Gasteiger charge is 2.31. The summed E-state index contributed by atoms with van der Waals surface area (Å²) in [6, 6.07) is 6.33. The van der Waals surface area contributed by atoms with Crippen LogP contribution in [0.1, 0.15) is 40.3 Å². The molecule has 1 aliphatic rings. The van der Waals surface area contributed by atoms with E-state index in [4.69, 9.17) is 4.42 Å². The molecular weight excluding hydrogens is 252 g/mol. The van der Waals surface area contributed by atoms with Crippen LogP contribution in [-0.2, 0) is 6.54 Å². The molecule has 0 saturated heterocycles. The summed E-state index contributed by atoms with van der Waals surface area (Å²) in [6.07, 6.45) is 4.04. The fraction of sp³-hybridized carbons (Fsp3) is 0.438. The lowest BCUT2D eigenvalue weighted by atomic mass is 10.1. The molecule has 0 aromatic carbocycles. The van der Waals surface area contributed by atoms with Gasteiger partial charge in [-0.15, -0.1) is 0 Å². The van der Waals surface area contributed by atoms with Crippen LogP contribution in [0, 0.1) is 13.8 Å². The van der Waals surface area contributed by atoms with Gasteiger partial charge in [0.2, 0.25) is 0 Å². The van der Waals surface area contributed by atoms with E-state index in [9.17, 15) is 4.79 Å². The van der Waals surface area contributed by atoms with Gasteiger partial charge in [0, 0.05) is 23.0 Å². The summed E-state index contributed by atoms with van der Waals surface area (Å²) in [4.78, 5) is 17.9. The molecule has 1 saturated carbocycles. The summed E-state index contributed by atoms with van der Waals surface area (Å²) < 4.78 is 5.40. The summed E-state index contributed by atoms with van der Waals surface area (Å²) >= 11 is 0. The first-order chi connectivity index (χ1) is 9.63. The Morgan fingerprint density at radius 1 is 1.45 bits per heavy atom. The van der Waals surface area contributed by atoms with Gasteiger partial charge >= 0.3 is 0 Å². The number of hydrogen-bond acceptors (Lipinski definition) is 3. The van der Waals surface area contributed by atoms with Crippen molar-refractivity contribution in [1.29, 1.82) is 0 Å². The summed E-state index contributed by atoms with van der Waals surface area (Å²) in [5, 5.41) is 0. The zero-order chi connectivity index (χ0) is 14.1. The van der Waals surface area contributed by atoms with Crippen LogP contribution in [0.15, 0.2) is 28.9 Å². The second-order valence-corrected chi connectivity index (χ2v) is 5.63. The first-order valence-corrected chi connectivity index (χ1v) is 7.09. The summed E-state index contributed by atoms with van der Waals surface area (Å²) in [5.74, 6) is 1.11. The van der Waals surface area contributed by atoms with Crippen molar-refractivity contribution in [2.24, 2.45) is 0 Å². The van der Waals surface area contributed by atoms with Gasteiger partial charge in [0.15, 0.2) is 5.78 Å². The van der Waals surface area contributed by atoms with Crippen molar-refractivity contribution in [3.05, 3.63) is 47.2 Å². The zero-order valence-corrected chi connectivity index (χ0v) is 12.0. The van der Waals surface area contributed by atoms with Gasteiger partial charge < -0.3 is 9.40 Å². The molecule has 0 radical (unpaired) electrons. The molecule has 20 heavy (non-hydrogen) atoms. The number of aromatic amines is 1. The van der Waals surface area contributed by atoms with E-state index >= 15 is 0 Å². The van der Waals surface area contributed by atoms with Gasteiger partial charge in [-0.1, -0.05) is 0 Å². The average Bonchev–Trinajstić information content (AvgIpc) is 3.02. The van der Waals surface area contributed by atoms with Gasteiger partial charge in [-0.3, -0.25) is 9.69 Å². The van der Waals surface area contributed by atoms with Crippen LogP contribution >= 0.6 is 0 Å². The molecule has 2 aromatic rings. The number of aryl methyl sites for hydroxylation is 2. The molecule has 4 heteroatoms. The minimum atomic E-state index is 0.185. The summed E-state index contributed by atoms with van der Waals surface area (Å²) in [7, 11) is 0. The standard InChI is InChI=1S/C16H20N2O2/c1-11-8-15(12(2)17-11)16(19)10-18(13-5-6-13)9-14-4-3-7-20-14/h3-4,7-8,13,17H,5-6,9-10H2,1-2H3. The van der Waals surface area contributed by atoms with Gasteiger partial charge in [-0.25, -0.2) is 0 Å². The maximum absolute atomic E-state index is 12.5. The van der Waals surface area contributed by atoms with Crippen LogP contribution in [0.25, 0.3) is 0 Å². The lowest BCUT2D eigenvalue weighted by Gasteiger charge is -2.19. The lowest BCUT2D eigenvalue weighted by Crippen LogP contribution is -2.31. The third kappa shape index (κ3) is 2.85. The maximum Gasteiger partial charge on any atom is 0.178 e. The van der Waals surface area contributed by atoms with Crippen LogP contribution in [0.4, 0.5) is 0 Å². The molecule has 4 nitrogen and oxygen atoms in total. The van der Waals surface area contributed by atoms with Crippen molar-refractivity contribution in [1.82, 2.24) is 9.88 Å². The van der Waals surface area contributed by atoms with Gasteiger partial charge in [-0.05, 0) is 44.9 Å². The lowest BCUT2D eigenvalue weighted by molar-refractivity contribution is 0.0913. The molecule has 3 rings (SSSR count). The zero-order valence-electron chi connectivity index (χ0n) is 12.0. The third-order valence-electron chi connectivity index (χ3n) is 3.80. The minimum absolute atomic E-state index is 0.185. The molecule has 0 unspecified atom stereocenters. The van der Waals surface area contributed by atoms with Crippen molar-refractivity contribution < 1.29 is 9.21 Å². The van der Waals surface area contributed by atoms with Gasteiger partial charge in [0.05, 0.1) is 19.4 Å². The van der Waals surface area contributed by atoms with Crippen LogP contribution in [0.2, 0.25) is 0 Å². The Kier molecular flexibility index (Phi) is 3.49. The Morgan fingerprint density at radius 3 is 2.80 bits per heavy atom. The highest BCUT2D eigenvalue weighted by molar-refractivity contribution is 5.98. The predicted molar refractivity (Wildman–Crippen MR) is 76.7 cm³/mol. The number of hydrogen-bond donors (Lipinski definition) is 1. The quantitative estimate of drug-likeness (QED) is 0.822. The van der Waals surface area contributed by atoms with E-state index < -0.39 is 0 Å². The Bertz CT molecular complexity index is 594. The SMILES string of the molecule is Cc1cc(C(=O)CN(Cc2ccco2)C2CC2)c(C)[nH]1. The molecule has 0 bridgehead atoms. The molecular formula is C16H20N2O2. The average molecular weight is 272 g/mol. The topological polar surface area (TPSA) is 49.2 Å². The van der Waals surface area contributed by atoms with E-state index in [0.29, 0.717) is 19.1 Å². The second-order valence-electron chi connectivity index (χ2n) is 5.63. The number of carbonyl (C=O) groups is 1. The normalized spacial score (nSPS) is 14.9. The van der Waals surface area contributed by atoms with Crippen molar-refractivity contribution in [3.63, 3.8) is 0 Å². The van der Waals surface area contributed by atoms with Crippen LogP contribution < -0.4 is 0 Å². The fourth-order valence-electron chi connectivity index (χ4n) is 2.64. The van der Waals surface area contributed by atoms with E-state index in [1.54, 1.807) is 6.26 Å². The predicted octanol–water partition coefficient (Wildman–Crippen LogP) is 3.07. The Morgan fingerprint density at radius 2 is 2.25 bits per heavy atom. The van der Waals surface area contributed by atoms with E-state index in [1.807, 2.05) is 32.0 Å². The fourth-order valence-corrected chi connectivity index (χ4v) is 2.64. The molecule has 1 aliphatic carbocycles. The highest BCUT2D eigenvalue weighted by atomic mass is 16.3. The summed E-state index contributed by atoms with van der Waals surface area (Å²) in [6.45, 7) is 5.11. The minimum Gasteiger partial charge on any atom is -0.468 e. The van der Waals surface area contributed by atoms with Crippen LogP contribution in [0.5, 0.6) is 0 Å². The number of H-pyrrole nitrogens is 1. The molecule has 0 amide bonds. The van der Waals surface area contributed by atoms with E-state index in [1.165, 1.54) is 12.8 Å². The largest absolute Gasteiger partial charge is 0.468 e. The van der Waals surface area contributed by atoms with Crippen LogP contribution in [0.3, 0.4) is 0 Å². The third-order valence-corrected chi connectivity index (χ3v) is 3.80. The molecule has 1 N–H and O–H groups in total. The van der Waals surface area contributed by atoms with Gasteiger partial charge in [-0.2, -0.15) is 0 Å². The number of nitrogens with one attached hydrogen (secondary N) is 1. The van der Waals surface area contributed by atoms with E-state index in [0.717, 1.165) is 22.7 Å². The first-order valence-electron chi connectivity index (χ1n) is 7.09. The van der Waals surface area contributed by atoms with E-state index in [2.05, 4.69) is 9.88 Å². The van der Waals surface area contributed by atoms with E-state index in [-0.39, 0.29) is 5.78 Å². The maximum atomic E-state index is 12.5. The molecule has 1 fully saturated rings. The number of nitrogens with zero attached hydrogens (tertiary/aromatic N) is 1. The van der Waals surface area contributed by atoms with Crippen molar-refractivity contribution in [2.75, 3.05) is 6.54 Å². The van der Waals surface area contributed by atoms with Crippen molar-refractivity contribution in [2.45, 2.75) is 39.3 Å². The van der Waals surface area contributed by atoms with Gasteiger partial charge in [0.1, 0.15) is 5.76 Å². The number of furan rings is 1. The Hall–Kier alpha value is -1.81. The second kappa shape index (κ2) is 5.29. The Balaban J connectivity index is 1.70. The highest BCUT2D eigenvalue weighted by Crippen LogP contribution is 2.28. The van der Waals surface area contributed by atoms with Gasteiger partial charge in [0.25, 0.3) is 0 Å². The smallest absolute Gasteiger partial charge is 0.178 e. The Labute approximate surface area is 118 Å². The monoisotopic (exact) mass is 272 g/mol. The number of Topliss-reactive ketones (excluding diaryl/α,β-unsaturated/α-hetero) is 1. The molecule has 0 spiro atoms. The number of rotatable bonds is 6. The molecule has 0 atom stereocenters. The van der Waals surface area contributed by atoms with Crippen LogP contribution in [-0.4, -0.2) is 28.3 Å². The first kappa shape index (κ1) is 13.2. The molecule has 2 aromatic heterocycles.